The first kappa shape index (κ1) is 16.4. The van der Waals surface area contributed by atoms with Gasteiger partial charge >= 0.3 is 0 Å². The molecule has 0 atom stereocenters. The number of benzene rings is 2. The highest BCUT2D eigenvalue weighted by Gasteiger charge is 2.05. The molecule has 0 amide bonds. The summed E-state index contributed by atoms with van der Waals surface area (Å²) in [5, 5.41) is 0. The van der Waals surface area contributed by atoms with E-state index in [9.17, 15) is 0 Å². The monoisotopic (exact) mass is 316 g/mol. The number of pyridine rings is 1. The number of rotatable bonds is 6. The van der Waals surface area contributed by atoms with Crippen LogP contribution in [-0.4, -0.2) is 16.9 Å². The van der Waals surface area contributed by atoms with Crippen molar-refractivity contribution in [2.75, 3.05) is 7.05 Å². The van der Waals surface area contributed by atoms with Gasteiger partial charge in [-0.2, -0.15) is 0 Å². The number of aryl methyl sites for hydroxylation is 1. The molecule has 1 heterocycles. The van der Waals surface area contributed by atoms with Gasteiger partial charge in [0.2, 0.25) is 0 Å². The third kappa shape index (κ3) is 4.30. The minimum absolute atomic E-state index is 0.892. The summed E-state index contributed by atoms with van der Waals surface area (Å²) in [4.78, 5) is 6.75. The zero-order chi connectivity index (χ0) is 16.8. The lowest BCUT2D eigenvalue weighted by molar-refractivity contribution is 0.319. The van der Waals surface area contributed by atoms with E-state index in [1.807, 2.05) is 12.4 Å². The highest BCUT2D eigenvalue weighted by Crippen LogP contribution is 2.21. The fraction of sp³-hybridized carbons (Fsp3) is 0.227. The summed E-state index contributed by atoms with van der Waals surface area (Å²) in [6.45, 7) is 4.01. The second-order valence-corrected chi connectivity index (χ2v) is 6.29. The largest absolute Gasteiger partial charge is 0.298 e. The van der Waals surface area contributed by atoms with Gasteiger partial charge < -0.3 is 0 Å². The molecule has 0 saturated heterocycles. The van der Waals surface area contributed by atoms with Gasteiger partial charge in [-0.1, -0.05) is 61.5 Å². The maximum absolute atomic E-state index is 4.44. The quantitative estimate of drug-likeness (QED) is 0.640. The van der Waals surface area contributed by atoms with E-state index in [-0.39, 0.29) is 0 Å². The van der Waals surface area contributed by atoms with E-state index in [2.05, 4.69) is 84.5 Å². The standard InChI is InChI=1S/C22H24N2/c1-3-18-9-11-21(12-10-18)22-13-20(14-23-15-22)17-24(2)16-19-7-5-4-6-8-19/h4-15H,3,16-17H2,1-2H3. The van der Waals surface area contributed by atoms with Gasteiger partial charge in [0.15, 0.2) is 0 Å². The summed E-state index contributed by atoms with van der Waals surface area (Å²) in [7, 11) is 2.15. The van der Waals surface area contributed by atoms with Crippen LogP contribution in [0, 0.1) is 0 Å². The maximum Gasteiger partial charge on any atom is 0.0346 e. The third-order valence-corrected chi connectivity index (χ3v) is 4.24. The SMILES string of the molecule is CCc1ccc(-c2cncc(CN(C)Cc3ccccc3)c2)cc1. The second-order valence-electron chi connectivity index (χ2n) is 6.29. The second kappa shape index (κ2) is 7.89. The van der Waals surface area contributed by atoms with Crippen LogP contribution in [0.1, 0.15) is 23.6 Å². The van der Waals surface area contributed by atoms with Crippen molar-refractivity contribution in [3.05, 3.63) is 89.7 Å². The van der Waals surface area contributed by atoms with Crippen LogP contribution in [0.15, 0.2) is 73.1 Å². The zero-order valence-corrected chi connectivity index (χ0v) is 14.4. The van der Waals surface area contributed by atoms with Crippen LogP contribution < -0.4 is 0 Å². The summed E-state index contributed by atoms with van der Waals surface area (Å²) in [6, 6.07) is 21.6. The van der Waals surface area contributed by atoms with Crippen LogP contribution >= 0.6 is 0 Å². The predicted octanol–water partition coefficient (Wildman–Crippen LogP) is 4.94. The predicted molar refractivity (Wildman–Crippen MR) is 101 cm³/mol. The van der Waals surface area contributed by atoms with Gasteiger partial charge in [0, 0.05) is 31.0 Å². The Bertz CT molecular complexity index is 763. The van der Waals surface area contributed by atoms with Crippen LogP contribution in [0.2, 0.25) is 0 Å². The van der Waals surface area contributed by atoms with Gasteiger partial charge in [0.1, 0.15) is 0 Å². The van der Waals surface area contributed by atoms with E-state index < -0.39 is 0 Å². The smallest absolute Gasteiger partial charge is 0.0346 e. The third-order valence-electron chi connectivity index (χ3n) is 4.24. The highest BCUT2D eigenvalue weighted by atomic mass is 15.1. The van der Waals surface area contributed by atoms with E-state index in [1.165, 1.54) is 27.8 Å². The fourth-order valence-corrected chi connectivity index (χ4v) is 2.93. The van der Waals surface area contributed by atoms with Crippen LogP contribution in [0.5, 0.6) is 0 Å². The van der Waals surface area contributed by atoms with E-state index in [1.54, 1.807) is 0 Å². The molecular weight excluding hydrogens is 292 g/mol. The molecule has 24 heavy (non-hydrogen) atoms. The lowest BCUT2D eigenvalue weighted by Gasteiger charge is -2.17. The Labute approximate surface area is 144 Å². The molecule has 0 spiro atoms. The molecule has 3 rings (SSSR count). The molecular formula is C22H24N2. The number of hydrogen-bond donors (Lipinski definition) is 0. The topological polar surface area (TPSA) is 16.1 Å². The molecule has 0 aliphatic carbocycles. The molecule has 3 aromatic rings. The van der Waals surface area contributed by atoms with Gasteiger partial charge in [0.25, 0.3) is 0 Å². The zero-order valence-electron chi connectivity index (χ0n) is 14.4. The minimum atomic E-state index is 0.892. The number of aromatic nitrogens is 1. The van der Waals surface area contributed by atoms with Gasteiger partial charge in [-0.3, -0.25) is 9.88 Å². The van der Waals surface area contributed by atoms with Crippen LogP contribution in [0.3, 0.4) is 0 Å². The molecule has 2 aromatic carbocycles. The Balaban J connectivity index is 1.70. The van der Waals surface area contributed by atoms with E-state index in [0.29, 0.717) is 0 Å². The molecule has 0 N–H and O–H groups in total. The molecule has 1 aromatic heterocycles. The summed E-state index contributed by atoms with van der Waals surface area (Å²) >= 11 is 0. The van der Waals surface area contributed by atoms with Crippen molar-refractivity contribution in [2.24, 2.45) is 0 Å². The number of hydrogen-bond acceptors (Lipinski definition) is 2. The van der Waals surface area contributed by atoms with Gasteiger partial charge in [-0.05, 0) is 41.8 Å². The molecule has 0 fully saturated rings. The summed E-state index contributed by atoms with van der Waals surface area (Å²) in [5.74, 6) is 0. The molecule has 2 nitrogen and oxygen atoms in total. The first-order valence-electron chi connectivity index (χ1n) is 8.50. The first-order valence-corrected chi connectivity index (χ1v) is 8.50. The van der Waals surface area contributed by atoms with Crippen molar-refractivity contribution < 1.29 is 0 Å². The van der Waals surface area contributed by atoms with Gasteiger partial charge in [-0.25, -0.2) is 0 Å². The summed E-state index contributed by atoms with van der Waals surface area (Å²) in [6.07, 6.45) is 4.98. The summed E-state index contributed by atoms with van der Waals surface area (Å²) < 4.78 is 0. The van der Waals surface area contributed by atoms with Crippen LogP contribution in [-0.2, 0) is 19.5 Å². The molecule has 0 aliphatic rings. The Morgan fingerprint density at radius 1 is 0.750 bits per heavy atom. The van der Waals surface area contributed by atoms with Crippen LogP contribution in [0.4, 0.5) is 0 Å². The Kier molecular flexibility index (Phi) is 5.39. The van der Waals surface area contributed by atoms with Crippen molar-refractivity contribution in [3.8, 4) is 11.1 Å². The molecule has 0 bridgehead atoms. The summed E-state index contributed by atoms with van der Waals surface area (Å²) in [5.41, 5.74) is 6.35. The van der Waals surface area contributed by atoms with Crippen molar-refractivity contribution in [1.82, 2.24) is 9.88 Å². The Morgan fingerprint density at radius 3 is 2.17 bits per heavy atom. The average Bonchev–Trinajstić information content (AvgIpc) is 2.63. The lowest BCUT2D eigenvalue weighted by Crippen LogP contribution is -2.17. The van der Waals surface area contributed by atoms with E-state index in [4.69, 9.17) is 0 Å². The van der Waals surface area contributed by atoms with Crippen molar-refractivity contribution in [3.63, 3.8) is 0 Å². The first-order chi connectivity index (χ1) is 11.7. The normalized spacial score (nSPS) is 11.0. The molecule has 122 valence electrons. The fourth-order valence-electron chi connectivity index (χ4n) is 2.93. The van der Waals surface area contributed by atoms with Gasteiger partial charge in [-0.15, -0.1) is 0 Å². The van der Waals surface area contributed by atoms with E-state index >= 15 is 0 Å². The van der Waals surface area contributed by atoms with Crippen molar-refractivity contribution in [1.29, 1.82) is 0 Å². The molecule has 0 unspecified atom stereocenters. The lowest BCUT2D eigenvalue weighted by atomic mass is 10.0. The van der Waals surface area contributed by atoms with Gasteiger partial charge in [0.05, 0.1) is 0 Å². The molecule has 0 aliphatic heterocycles. The van der Waals surface area contributed by atoms with Crippen molar-refractivity contribution in [2.45, 2.75) is 26.4 Å². The molecule has 0 saturated carbocycles. The molecule has 2 heteroatoms. The van der Waals surface area contributed by atoms with Crippen molar-refractivity contribution >= 4 is 0 Å². The highest BCUT2D eigenvalue weighted by molar-refractivity contribution is 5.63. The van der Waals surface area contributed by atoms with Crippen LogP contribution in [0.25, 0.3) is 11.1 Å². The Morgan fingerprint density at radius 2 is 1.46 bits per heavy atom. The Hall–Kier alpha value is -2.45. The van der Waals surface area contributed by atoms with E-state index in [0.717, 1.165) is 19.5 Å². The maximum atomic E-state index is 4.44. The average molecular weight is 316 g/mol. The molecule has 0 radical (unpaired) electrons. The minimum Gasteiger partial charge on any atom is -0.298 e. The number of nitrogens with zero attached hydrogens (tertiary/aromatic N) is 2.